The molecule has 3 aromatic rings. The number of fused-ring (bicyclic) bond motifs is 1. The lowest BCUT2D eigenvalue weighted by Crippen LogP contribution is -2.40. The lowest BCUT2D eigenvalue weighted by molar-refractivity contribution is 0.0681. The van der Waals surface area contributed by atoms with Crippen LogP contribution in [-0.4, -0.2) is 32.1 Å². The fraction of sp³-hybridized carbons (Fsp3) is 0.250. The molecule has 0 radical (unpaired) electrons. The third-order valence-electron chi connectivity index (χ3n) is 4.48. The predicted molar refractivity (Wildman–Crippen MR) is 96.7 cm³/mol. The van der Waals surface area contributed by atoms with Gasteiger partial charge in [0.25, 0.3) is 5.91 Å². The van der Waals surface area contributed by atoms with Crippen LogP contribution in [-0.2, 0) is 19.7 Å². The first-order valence-electron chi connectivity index (χ1n) is 8.76. The lowest BCUT2D eigenvalue weighted by Gasteiger charge is -2.27. The van der Waals surface area contributed by atoms with Crippen molar-refractivity contribution >= 4 is 5.91 Å². The molecule has 0 atom stereocenters. The van der Waals surface area contributed by atoms with E-state index in [2.05, 4.69) is 10.1 Å². The molecule has 0 bridgehead atoms. The van der Waals surface area contributed by atoms with Crippen LogP contribution < -0.4 is 4.74 Å². The van der Waals surface area contributed by atoms with E-state index in [0.29, 0.717) is 49.0 Å². The van der Waals surface area contributed by atoms with Crippen molar-refractivity contribution in [3.63, 3.8) is 0 Å². The van der Waals surface area contributed by atoms with Crippen LogP contribution >= 0.6 is 0 Å². The average molecular weight is 366 g/mol. The van der Waals surface area contributed by atoms with E-state index in [9.17, 15) is 9.18 Å². The molecule has 0 N–H and O–H groups in total. The van der Waals surface area contributed by atoms with Crippen molar-refractivity contribution in [1.82, 2.24) is 19.7 Å². The molecule has 0 fully saturated rings. The fourth-order valence-corrected chi connectivity index (χ4v) is 3.07. The van der Waals surface area contributed by atoms with Crippen molar-refractivity contribution in [3.05, 3.63) is 77.1 Å². The topological polar surface area (TPSA) is 60.3 Å². The Labute approximate surface area is 156 Å². The first-order valence-corrected chi connectivity index (χ1v) is 8.76. The highest BCUT2D eigenvalue weighted by molar-refractivity contribution is 5.93. The summed E-state index contributed by atoms with van der Waals surface area (Å²) in [4.78, 5) is 18.7. The van der Waals surface area contributed by atoms with Gasteiger partial charge in [0.2, 0.25) is 0 Å². The Bertz CT molecular complexity index is 971. The molecule has 0 spiro atoms. The Balaban J connectivity index is 1.45. The molecule has 138 valence electrons. The zero-order valence-corrected chi connectivity index (χ0v) is 14.9. The second-order valence-electron chi connectivity index (χ2n) is 6.44. The molecule has 1 aromatic carbocycles. The summed E-state index contributed by atoms with van der Waals surface area (Å²) in [5, 5.41) is 4.46. The number of carbonyl (C=O) groups excluding carboxylic acids is 1. The third-order valence-corrected chi connectivity index (χ3v) is 4.48. The van der Waals surface area contributed by atoms with Crippen LogP contribution in [0.15, 0.2) is 48.5 Å². The molecule has 0 saturated carbocycles. The van der Waals surface area contributed by atoms with Gasteiger partial charge in [-0.3, -0.25) is 14.5 Å². The fourth-order valence-electron chi connectivity index (χ4n) is 3.07. The average Bonchev–Trinajstić information content (AvgIpc) is 3.10. The number of para-hydroxylation sites is 1. The van der Waals surface area contributed by atoms with E-state index in [1.807, 2.05) is 30.3 Å². The second kappa shape index (κ2) is 7.19. The number of benzene rings is 1. The van der Waals surface area contributed by atoms with Crippen molar-refractivity contribution in [2.75, 3.05) is 6.54 Å². The Morgan fingerprint density at radius 2 is 1.93 bits per heavy atom. The van der Waals surface area contributed by atoms with Crippen LogP contribution in [0.3, 0.4) is 0 Å². The van der Waals surface area contributed by atoms with E-state index in [1.165, 1.54) is 6.07 Å². The number of nitrogens with zero attached hydrogens (tertiary/aromatic N) is 4. The van der Waals surface area contributed by atoms with Gasteiger partial charge in [-0.1, -0.05) is 18.2 Å². The summed E-state index contributed by atoms with van der Waals surface area (Å²) in [5.74, 6) is 0.308. The molecular weight excluding hydrogens is 347 g/mol. The van der Waals surface area contributed by atoms with Crippen LogP contribution in [0.1, 0.15) is 27.6 Å². The largest absolute Gasteiger partial charge is 0.487 e. The van der Waals surface area contributed by atoms with Gasteiger partial charge in [0.05, 0.1) is 24.5 Å². The molecule has 0 saturated heterocycles. The predicted octanol–water partition coefficient (Wildman–Crippen LogP) is 2.96. The normalized spacial score (nSPS) is 13.6. The van der Waals surface area contributed by atoms with E-state index >= 15 is 0 Å². The Morgan fingerprint density at radius 3 is 2.70 bits per heavy atom. The van der Waals surface area contributed by atoms with E-state index in [1.54, 1.807) is 28.6 Å². The van der Waals surface area contributed by atoms with Crippen molar-refractivity contribution in [1.29, 1.82) is 0 Å². The van der Waals surface area contributed by atoms with Crippen molar-refractivity contribution in [2.45, 2.75) is 26.6 Å². The summed E-state index contributed by atoms with van der Waals surface area (Å²) in [6.45, 7) is 3.40. The van der Waals surface area contributed by atoms with Gasteiger partial charge >= 0.3 is 0 Å². The minimum Gasteiger partial charge on any atom is -0.487 e. The number of rotatable bonds is 5. The maximum atomic E-state index is 13.4. The van der Waals surface area contributed by atoms with Gasteiger partial charge in [0.1, 0.15) is 29.6 Å². The Kier molecular flexibility index (Phi) is 4.58. The number of hydrogen-bond donors (Lipinski definition) is 0. The zero-order chi connectivity index (χ0) is 18.8. The molecule has 7 heteroatoms. The van der Waals surface area contributed by atoms with Gasteiger partial charge < -0.3 is 9.64 Å². The quantitative estimate of drug-likeness (QED) is 0.697. The highest BCUT2D eigenvalue weighted by Gasteiger charge is 2.27. The number of pyridine rings is 1. The number of hydrogen-bond acceptors (Lipinski definition) is 4. The smallest absolute Gasteiger partial charge is 0.272 e. The van der Waals surface area contributed by atoms with Crippen LogP contribution in [0.5, 0.6) is 5.75 Å². The molecular formula is C20H19FN4O2. The molecule has 0 unspecified atom stereocenters. The molecule has 1 aliphatic heterocycles. The SMILES string of the molecule is Cc1nc(CN2CCn3nc(COc4ccccc4)cc3C2=O)ccc1F. The lowest BCUT2D eigenvalue weighted by atomic mass is 10.2. The minimum atomic E-state index is -0.343. The highest BCUT2D eigenvalue weighted by Crippen LogP contribution is 2.18. The third kappa shape index (κ3) is 3.67. The van der Waals surface area contributed by atoms with Gasteiger partial charge in [-0.15, -0.1) is 0 Å². The standard InChI is InChI=1S/C20H19FN4O2/c1-14-18(21)8-7-15(22-14)12-24-9-10-25-19(20(24)26)11-16(23-25)13-27-17-5-3-2-4-6-17/h2-8,11H,9-10,12-13H2,1H3. The van der Waals surface area contributed by atoms with Crippen LogP contribution in [0.25, 0.3) is 0 Å². The highest BCUT2D eigenvalue weighted by atomic mass is 19.1. The number of ether oxygens (including phenoxy) is 1. The molecule has 4 rings (SSSR count). The van der Waals surface area contributed by atoms with Gasteiger partial charge in [0, 0.05) is 6.54 Å². The molecule has 2 aromatic heterocycles. The monoisotopic (exact) mass is 366 g/mol. The first kappa shape index (κ1) is 17.2. The summed E-state index contributed by atoms with van der Waals surface area (Å²) in [6, 6.07) is 14.2. The maximum absolute atomic E-state index is 13.4. The van der Waals surface area contributed by atoms with Crippen LogP contribution in [0.2, 0.25) is 0 Å². The molecule has 1 amide bonds. The molecule has 1 aliphatic rings. The van der Waals surface area contributed by atoms with Crippen molar-refractivity contribution < 1.29 is 13.9 Å². The number of aromatic nitrogens is 3. The summed E-state index contributed by atoms with van der Waals surface area (Å²) < 4.78 is 20.8. The molecule has 0 aliphatic carbocycles. The van der Waals surface area contributed by atoms with Gasteiger partial charge in [-0.25, -0.2) is 4.39 Å². The first-order chi connectivity index (χ1) is 13.1. The number of carbonyl (C=O) groups is 1. The van der Waals surface area contributed by atoms with E-state index < -0.39 is 0 Å². The Morgan fingerprint density at radius 1 is 1.11 bits per heavy atom. The van der Waals surface area contributed by atoms with Crippen LogP contribution in [0.4, 0.5) is 4.39 Å². The van der Waals surface area contributed by atoms with E-state index in [-0.39, 0.29) is 11.7 Å². The number of aryl methyl sites for hydroxylation is 1. The van der Waals surface area contributed by atoms with Crippen LogP contribution in [0, 0.1) is 12.7 Å². The summed E-state index contributed by atoms with van der Waals surface area (Å²) in [5.41, 5.74) is 2.25. The van der Waals surface area contributed by atoms with Crippen molar-refractivity contribution in [3.8, 4) is 5.75 Å². The van der Waals surface area contributed by atoms with Gasteiger partial charge in [-0.2, -0.15) is 5.10 Å². The number of halogens is 1. The minimum absolute atomic E-state index is 0.108. The second-order valence-corrected chi connectivity index (χ2v) is 6.44. The Hall–Kier alpha value is -3.22. The molecule has 3 heterocycles. The maximum Gasteiger partial charge on any atom is 0.272 e. The summed E-state index contributed by atoms with van der Waals surface area (Å²) in [6.07, 6.45) is 0. The van der Waals surface area contributed by atoms with Gasteiger partial charge in [0.15, 0.2) is 0 Å². The molecule has 27 heavy (non-hydrogen) atoms. The molecule has 6 nitrogen and oxygen atoms in total. The van der Waals surface area contributed by atoms with Gasteiger partial charge in [-0.05, 0) is 37.3 Å². The van der Waals surface area contributed by atoms with E-state index in [0.717, 1.165) is 5.75 Å². The summed E-state index contributed by atoms with van der Waals surface area (Å²) in [7, 11) is 0. The van der Waals surface area contributed by atoms with Crippen molar-refractivity contribution in [2.24, 2.45) is 0 Å². The number of amides is 1. The zero-order valence-electron chi connectivity index (χ0n) is 14.9. The summed E-state index contributed by atoms with van der Waals surface area (Å²) >= 11 is 0. The van der Waals surface area contributed by atoms with E-state index in [4.69, 9.17) is 4.74 Å².